The highest BCUT2D eigenvalue weighted by molar-refractivity contribution is 5.38. The van der Waals surface area contributed by atoms with Crippen LogP contribution in [0.3, 0.4) is 0 Å². The molecule has 0 aliphatic heterocycles. The minimum atomic E-state index is -11.8. The first kappa shape index (κ1) is 45.8. The van der Waals surface area contributed by atoms with E-state index in [0.29, 0.717) is 0 Å². The van der Waals surface area contributed by atoms with E-state index >= 15 is 8.78 Å². The van der Waals surface area contributed by atoms with E-state index in [1.165, 1.54) is 0 Å². The molecule has 0 heterocycles. The molecule has 0 aromatic carbocycles. The molecule has 0 bridgehead atoms. The van der Waals surface area contributed by atoms with E-state index in [1.807, 2.05) is 0 Å². The third-order valence-electron chi connectivity index (χ3n) is 7.73. The SMILES string of the molecule is FC1(F)C(F)(F)C(F)(F)C(F)(F)C(F)(F)C(F)(C2(F)C(F)(F)C(F)(F)C(F)(F)C(F)(F)C(F)(F)C(F)(F)C(F)(F)C2(F)F)C(F)(F)C(F)(F)C1(F)F. The molecule has 0 radical (unpaired) electrons. The zero-order valence-electron chi connectivity index (χ0n) is 21.9. The smallest absolute Gasteiger partial charge is 0.226 e. The van der Waals surface area contributed by atoms with Crippen LogP contribution in [0.1, 0.15) is 0 Å². The van der Waals surface area contributed by atoms with Crippen molar-refractivity contribution in [2.24, 2.45) is 0 Å². The molecule has 0 amide bonds. The maximum Gasteiger partial charge on any atom is 0.385 e. The fourth-order valence-electron chi connectivity index (χ4n) is 4.49. The molecular formula is C18F34. The Morgan fingerprint density at radius 2 is 0.154 bits per heavy atom. The third-order valence-corrected chi connectivity index (χ3v) is 7.73. The highest BCUT2D eigenvalue weighted by atomic mass is 19.4. The summed E-state index contributed by atoms with van der Waals surface area (Å²) < 4.78 is 485. The summed E-state index contributed by atoms with van der Waals surface area (Å²) in [5, 5.41) is 0. The fourth-order valence-corrected chi connectivity index (χ4v) is 4.49. The predicted octanol–water partition coefficient (Wildman–Crippen LogP) is 10.6. The van der Waals surface area contributed by atoms with Gasteiger partial charge < -0.3 is 0 Å². The number of alkyl halides is 34. The maximum atomic E-state index is 15.7. The van der Waals surface area contributed by atoms with E-state index in [0.717, 1.165) is 0 Å². The number of hydrogen-bond acceptors (Lipinski definition) is 0. The largest absolute Gasteiger partial charge is 0.385 e. The summed E-state index contributed by atoms with van der Waals surface area (Å²) in [6.07, 6.45) is 0. The molecule has 0 N–H and O–H groups in total. The number of halogens is 34. The normalized spacial score (nSPS) is 35.2. The van der Waals surface area contributed by atoms with Crippen LogP contribution in [0, 0.1) is 0 Å². The molecule has 2 saturated carbocycles. The molecule has 0 unspecified atom stereocenters. The Hall–Kier alpha value is -2.38. The van der Waals surface area contributed by atoms with E-state index in [4.69, 9.17) is 0 Å². The van der Waals surface area contributed by atoms with Crippen LogP contribution in [-0.4, -0.2) is 106 Å². The van der Waals surface area contributed by atoms with Crippen molar-refractivity contribution in [1.29, 1.82) is 0 Å². The van der Waals surface area contributed by atoms with Crippen molar-refractivity contribution in [3.8, 4) is 0 Å². The second-order valence-corrected chi connectivity index (χ2v) is 10.5. The Morgan fingerprint density at radius 3 is 0.231 bits per heavy atom. The van der Waals surface area contributed by atoms with E-state index in [-0.39, 0.29) is 0 Å². The Labute approximate surface area is 257 Å². The summed E-state index contributed by atoms with van der Waals surface area (Å²) in [4.78, 5) is 0. The van der Waals surface area contributed by atoms with E-state index < -0.39 is 106 Å². The van der Waals surface area contributed by atoms with Gasteiger partial charge in [-0.15, -0.1) is 0 Å². The second-order valence-electron chi connectivity index (χ2n) is 10.5. The van der Waals surface area contributed by atoms with Crippen molar-refractivity contribution in [2.75, 3.05) is 0 Å². The summed E-state index contributed by atoms with van der Waals surface area (Å²) in [7, 11) is 0. The summed E-state index contributed by atoms with van der Waals surface area (Å²) >= 11 is 0. The highest BCUT2D eigenvalue weighted by Gasteiger charge is 3.13. The minimum absolute atomic E-state index is 9.84. The zero-order chi connectivity index (χ0) is 43.0. The number of rotatable bonds is 1. The standard InChI is InChI=1S/C18F34/c19-1(3(21,22)7(29,30)11(37,38)15(45,46)16(47,48)12(39,40)8(31,32)4(1,23)24)2(20)5(25,26)9(33,34)13(41,42)17(49,50)18(51,52)14(43,44)10(35,36)6(2,27)28. The molecule has 0 nitrogen and oxygen atoms in total. The molecule has 34 heteroatoms. The Balaban J connectivity index is 3.79. The van der Waals surface area contributed by atoms with Crippen LogP contribution in [0.4, 0.5) is 149 Å². The average molecular weight is 862 g/mol. The van der Waals surface area contributed by atoms with Gasteiger partial charge in [0.25, 0.3) is 11.3 Å². The van der Waals surface area contributed by atoms with Crippen LogP contribution in [0.2, 0.25) is 0 Å². The van der Waals surface area contributed by atoms with E-state index in [2.05, 4.69) is 0 Å². The Kier molecular flexibility index (Phi) is 8.70. The van der Waals surface area contributed by atoms with Crippen LogP contribution in [-0.2, 0) is 0 Å². The summed E-state index contributed by atoms with van der Waals surface area (Å²) in [5.41, 5.74) is -23.5. The summed E-state index contributed by atoms with van der Waals surface area (Å²) in [6.45, 7) is 0. The molecule has 0 aromatic rings. The van der Waals surface area contributed by atoms with Gasteiger partial charge in [-0.3, -0.25) is 0 Å². The second kappa shape index (κ2) is 9.88. The van der Waals surface area contributed by atoms with Crippen molar-refractivity contribution < 1.29 is 149 Å². The van der Waals surface area contributed by atoms with Crippen LogP contribution < -0.4 is 0 Å². The third kappa shape index (κ3) is 3.64. The first-order valence-corrected chi connectivity index (χ1v) is 11.2. The van der Waals surface area contributed by atoms with Gasteiger partial charge >= 0.3 is 94.8 Å². The van der Waals surface area contributed by atoms with Gasteiger partial charge in [0.1, 0.15) is 0 Å². The summed E-state index contributed by atoms with van der Waals surface area (Å²) in [5.74, 6) is -167. The molecule has 0 saturated heterocycles. The van der Waals surface area contributed by atoms with Crippen LogP contribution in [0.15, 0.2) is 0 Å². The highest BCUT2D eigenvalue weighted by Crippen LogP contribution is 2.79. The van der Waals surface area contributed by atoms with Gasteiger partial charge in [0, 0.05) is 0 Å². The van der Waals surface area contributed by atoms with Crippen molar-refractivity contribution in [2.45, 2.75) is 106 Å². The van der Waals surface area contributed by atoms with E-state index in [9.17, 15) is 140 Å². The van der Waals surface area contributed by atoms with Gasteiger partial charge in [-0.05, 0) is 0 Å². The van der Waals surface area contributed by atoms with Crippen molar-refractivity contribution in [3.05, 3.63) is 0 Å². The van der Waals surface area contributed by atoms with Crippen LogP contribution >= 0.6 is 0 Å². The molecular weight excluding hydrogens is 862 g/mol. The molecule has 2 aliphatic rings. The van der Waals surface area contributed by atoms with Crippen LogP contribution in [0.25, 0.3) is 0 Å². The molecule has 2 fully saturated rings. The van der Waals surface area contributed by atoms with Gasteiger partial charge in [0.2, 0.25) is 0 Å². The van der Waals surface area contributed by atoms with Crippen molar-refractivity contribution >= 4 is 0 Å². The Morgan fingerprint density at radius 1 is 0.0962 bits per heavy atom. The van der Waals surface area contributed by atoms with Crippen molar-refractivity contribution in [1.82, 2.24) is 0 Å². The minimum Gasteiger partial charge on any atom is -0.226 e. The fraction of sp³-hybridized carbons (Fsp3) is 1.00. The molecule has 310 valence electrons. The van der Waals surface area contributed by atoms with Gasteiger partial charge in [-0.2, -0.15) is 140 Å². The lowest BCUT2D eigenvalue weighted by atomic mass is 9.63. The first-order valence-electron chi connectivity index (χ1n) is 11.2. The quantitative estimate of drug-likeness (QED) is 0.231. The Bertz CT molecular complexity index is 1230. The average Bonchev–Trinajstić information content (AvgIpc) is 2.93. The van der Waals surface area contributed by atoms with Crippen LogP contribution in [0.5, 0.6) is 0 Å². The van der Waals surface area contributed by atoms with Gasteiger partial charge in [0.15, 0.2) is 0 Å². The lowest BCUT2D eigenvalue weighted by Crippen LogP contribution is -2.90. The van der Waals surface area contributed by atoms with Gasteiger partial charge in [-0.1, -0.05) is 0 Å². The lowest BCUT2D eigenvalue weighted by molar-refractivity contribution is -0.493. The number of hydrogen-bond donors (Lipinski definition) is 0. The molecule has 2 rings (SSSR count). The molecule has 2 aliphatic carbocycles. The molecule has 0 spiro atoms. The lowest BCUT2D eigenvalue weighted by Gasteiger charge is -2.55. The monoisotopic (exact) mass is 862 g/mol. The zero-order valence-corrected chi connectivity index (χ0v) is 21.9. The first-order chi connectivity index (χ1) is 21.8. The molecule has 0 atom stereocenters. The topological polar surface area (TPSA) is 0 Å². The van der Waals surface area contributed by atoms with Crippen molar-refractivity contribution in [3.63, 3.8) is 0 Å². The predicted molar refractivity (Wildman–Crippen MR) is 86.8 cm³/mol. The van der Waals surface area contributed by atoms with Gasteiger partial charge in [0.05, 0.1) is 0 Å². The summed E-state index contributed by atoms with van der Waals surface area (Å²) in [6, 6.07) is 0. The maximum absolute atomic E-state index is 15.7. The molecule has 52 heavy (non-hydrogen) atoms. The molecule has 0 aromatic heterocycles. The van der Waals surface area contributed by atoms with E-state index in [1.54, 1.807) is 0 Å². The van der Waals surface area contributed by atoms with Gasteiger partial charge in [-0.25, -0.2) is 8.78 Å².